The molecule has 2 fully saturated rings. The van der Waals surface area contributed by atoms with Crippen LogP contribution in [0.3, 0.4) is 0 Å². The van der Waals surface area contributed by atoms with E-state index >= 15 is 0 Å². The van der Waals surface area contributed by atoms with E-state index in [1.165, 1.54) is 0 Å². The van der Waals surface area contributed by atoms with Gasteiger partial charge in [0.1, 0.15) is 0 Å². The summed E-state index contributed by atoms with van der Waals surface area (Å²) in [5.41, 5.74) is 0.887. The van der Waals surface area contributed by atoms with Crippen molar-refractivity contribution >= 4 is 11.8 Å². The second-order valence-corrected chi connectivity index (χ2v) is 7.76. The molecule has 0 aliphatic carbocycles. The molecule has 6 nitrogen and oxygen atoms in total. The van der Waals surface area contributed by atoms with Crippen LogP contribution in [0.15, 0.2) is 36.5 Å². The number of rotatable bonds is 6. The number of carbonyl (C=O) groups is 2. The Labute approximate surface area is 168 Å². The van der Waals surface area contributed by atoms with E-state index in [4.69, 9.17) is 0 Å². The summed E-state index contributed by atoms with van der Waals surface area (Å²) in [5, 5.41) is 3.05. The van der Waals surface area contributed by atoms with Crippen LogP contribution in [0.25, 0.3) is 0 Å². The Morgan fingerprint density at radius 2 is 2.04 bits per heavy atom. The van der Waals surface area contributed by atoms with Gasteiger partial charge in [-0.25, -0.2) is 0 Å². The molecule has 3 heterocycles. The normalized spacial score (nSPS) is 21.8. The number of hydrogen-bond donors (Lipinski definition) is 1. The molecule has 3 rings (SSSR count). The molecule has 0 bridgehead atoms. The Hall–Kier alpha value is -2.21. The summed E-state index contributed by atoms with van der Waals surface area (Å²) in [4.78, 5) is 33.5. The van der Waals surface area contributed by atoms with Crippen molar-refractivity contribution in [1.29, 1.82) is 0 Å². The van der Waals surface area contributed by atoms with E-state index in [1.54, 1.807) is 6.20 Å². The van der Waals surface area contributed by atoms with Gasteiger partial charge < -0.3 is 10.2 Å². The molecule has 0 radical (unpaired) electrons. The molecule has 2 saturated heterocycles. The van der Waals surface area contributed by atoms with Crippen molar-refractivity contribution < 1.29 is 9.59 Å². The van der Waals surface area contributed by atoms with Gasteiger partial charge >= 0.3 is 0 Å². The monoisotopic (exact) mass is 384 g/mol. The van der Waals surface area contributed by atoms with Crippen LogP contribution in [0.1, 0.15) is 44.7 Å². The van der Waals surface area contributed by atoms with Crippen molar-refractivity contribution in [3.63, 3.8) is 0 Å². The molecule has 6 heteroatoms. The second kappa shape index (κ2) is 10.4. The van der Waals surface area contributed by atoms with Gasteiger partial charge in [0.25, 0.3) is 0 Å². The fourth-order valence-electron chi connectivity index (χ4n) is 4.20. The zero-order valence-corrected chi connectivity index (χ0v) is 16.8. The van der Waals surface area contributed by atoms with Crippen molar-refractivity contribution in [2.75, 3.05) is 26.2 Å². The summed E-state index contributed by atoms with van der Waals surface area (Å²) in [5.74, 6) is 0.406. The molecule has 2 aliphatic heterocycles. The topological polar surface area (TPSA) is 65.5 Å². The summed E-state index contributed by atoms with van der Waals surface area (Å²) in [7, 11) is 0. The highest BCUT2D eigenvalue weighted by molar-refractivity contribution is 5.79. The van der Waals surface area contributed by atoms with Crippen LogP contribution < -0.4 is 5.32 Å². The number of pyridine rings is 1. The van der Waals surface area contributed by atoms with Crippen LogP contribution in [-0.4, -0.2) is 58.8 Å². The van der Waals surface area contributed by atoms with E-state index in [-0.39, 0.29) is 17.7 Å². The van der Waals surface area contributed by atoms with Crippen LogP contribution in [0.5, 0.6) is 0 Å². The van der Waals surface area contributed by atoms with Gasteiger partial charge in [0.2, 0.25) is 11.8 Å². The standard InChI is InChI=1S/C22H32N4O2/c1-2-3-9-21(27)25-14-10-20(11-15-25)26-13-6-7-18(17-26)22(28)24-16-19-8-4-5-12-23-19/h2-5,8,12,18,20H,6-7,9-11,13-17H2,1H3,(H,24,28). The maximum Gasteiger partial charge on any atom is 0.226 e. The molecule has 0 spiro atoms. The smallest absolute Gasteiger partial charge is 0.226 e. The molecule has 0 saturated carbocycles. The van der Waals surface area contributed by atoms with Crippen molar-refractivity contribution in [2.24, 2.45) is 5.92 Å². The maximum atomic E-state index is 12.6. The van der Waals surface area contributed by atoms with E-state index in [2.05, 4.69) is 15.2 Å². The lowest BCUT2D eigenvalue weighted by atomic mass is 9.93. The molecule has 2 aliphatic rings. The van der Waals surface area contributed by atoms with E-state index in [0.29, 0.717) is 19.0 Å². The van der Waals surface area contributed by atoms with Crippen molar-refractivity contribution in [3.05, 3.63) is 42.2 Å². The maximum absolute atomic E-state index is 12.6. The van der Waals surface area contributed by atoms with E-state index in [0.717, 1.165) is 57.6 Å². The lowest BCUT2D eigenvalue weighted by Gasteiger charge is -2.42. The fourth-order valence-corrected chi connectivity index (χ4v) is 4.20. The average Bonchev–Trinajstić information content (AvgIpc) is 2.76. The molecule has 2 amide bonds. The van der Waals surface area contributed by atoms with Gasteiger partial charge in [-0.15, -0.1) is 0 Å². The first-order valence-electron chi connectivity index (χ1n) is 10.5. The van der Waals surface area contributed by atoms with Crippen molar-refractivity contribution in [2.45, 2.75) is 51.6 Å². The van der Waals surface area contributed by atoms with Gasteiger partial charge in [-0.3, -0.25) is 19.5 Å². The van der Waals surface area contributed by atoms with Crippen LogP contribution in [0.4, 0.5) is 0 Å². The molecule has 152 valence electrons. The van der Waals surface area contributed by atoms with Gasteiger partial charge in [0.15, 0.2) is 0 Å². The van der Waals surface area contributed by atoms with Crippen LogP contribution in [0, 0.1) is 5.92 Å². The quantitative estimate of drug-likeness (QED) is 0.765. The first-order valence-corrected chi connectivity index (χ1v) is 10.5. The summed E-state index contributed by atoms with van der Waals surface area (Å²) in [6, 6.07) is 6.23. The second-order valence-electron chi connectivity index (χ2n) is 7.76. The highest BCUT2D eigenvalue weighted by Gasteiger charge is 2.32. The predicted octanol–water partition coefficient (Wildman–Crippen LogP) is 2.37. The Morgan fingerprint density at radius 3 is 2.75 bits per heavy atom. The molecule has 28 heavy (non-hydrogen) atoms. The van der Waals surface area contributed by atoms with Gasteiger partial charge in [-0.1, -0.05) is 18.2 Å². The Balaban J connectivity index is 1.44. The third kappa shape index (κ3) is 5.64. The number of nitrogens with zero attached hydrogens (tertiary/aromatic N) is 3. The van der Waals surface area contributed by atoms with Crippen LogP contribution in [-0.2, 0) is 16.1 Å². The molecular formula is C22H32N4O2. The predicted molar refractivity (Wildman–Crippen MR) is 109 cm³/mol. The zero-order chi connectivity index (χ0) is 19.8. The summed E-state index contributed by atoms with van der Waals surface area (Å²) < 4.78 is 0. The molecule has 1 atom stereocenters. The molecule has 1 aromatic heterocycles. The van der Waals surface area contributed by atoms with E-state index in [1.807, 2.05) is 42.2 Å². The Kier molecular flexibility index (Phi) is 7.60. The SMILES string of the molecule is CC=CCC(=O)N1CCC(N2CCCC(C(=O)NCc3ccccn3)C2)CC1. The molecule has 1 aromatic rings. The number of allylic oxidation sites excluding steroid dienone is 1. The van der Waals surface area contributed by atoms with Gasteiger partial charge in [-0.05, 0) is 51.3 Å². The van der Waals surface area contributed by atoms with Crippen LogP contribution in [0.2, 0.25) is 0 Å². The third-order valence-electron chi connectivity index (χ3n) is 5.86. The first-order chi connectivity index (χ1) is 13.7. The first kappa shape index (κ1) is 20.5. The number of carbonyl (C=O) groups excluding carboxylic acids is 2. The van der Waals surface area contributed by atoms with Gasteiger partial charge in [-0.2, -0.15) is 0 Å². The molecule has 1 N–H and O–H groups in total. The summed E-state index contributed by atoms with van der Waals surface area (Å²) >= 11 is 0. The summed E-state index contributed by atoms with van der Waals surface area (Å²) in [6.45, 7) is 5.97. The van der Waals surface area contributed by atoms with Gasteiger partial charge in [0.05, 0.1) is 18.2 Å². The van der Waals surface area contributed by atoms with E-state index < -0.39 is 0 Å². The lowest BCUT2D eigenvalue weighted by molar-refractivity contribution is -0.132. The average molecular weight is 385 g/mol. The number of piperidine rings is 2. The highest BCUT2D eigenvalue weighted by Crippen LogP contribution is 2.24. The highest BCUT2D eigenvalue weighted by atomic mass is 16.2. The van der Waals surface area contributed by atoms with Crippen molar-refractivity contribution in [1.82, 2.24) is 20.1 Å². The zero-order valence-electron chi connectivity index (χ0n) is 16.8. The molecule has 1 unspecified atom stereocenters. The lowest BCUT2D eigenvalue weighted by Crippen LogP contribution is -2.51. The minimum atomic E-state index is 0.0480. The van der Waals surface area contributed by atoms with Gasteiger partial charge in [0, 0.05) is 38.3 Å². The largest absolute Gasteiger partial charge is 0.350 e. The van der Waals surface area contributed by atoms with Crippen molar-refractivity contribution in [3.8, 4) is 0 Å². The molecule has 0 aromatic carbocycles. The minimum absolute atomic E-state index is 0.0480. The third-order valence-corrected chi connectivity index (χ3v) is 5.86. The number of aromatic nitrogens is 1. The fraction of sp³-hybridized carbons (Fsp3) is 0.591. The molecular weight excluding hydrogens is 352 g/mol. The van der Waals surface area contributed by atoms with E-state index in [9.17, 15) is 9.59 Å². The number of likely N-dealkylation sites (tertiary alicyclic amines) is 2. The number of nitrogens with one attached hydrogen (secondary N) is 1. The summed E-state index contributed by atoms with van der Waals surface area (Å²) in [6.07, 6.45) is 10.1. The van der Waals surface area contributed by atoms with Crippen LogP contribution >= 0.6 is 0 Å². The Morgan fingerprint density at radius 1 is 1.21 bits per heavy atom. The number of amides is 2. The Bertz CT molecular complexity index is 668. The number of hydrogen-bond acceptors (Lipinski definition) is 4. The minimum Gasteiger partial charge on any atom is -0.350 e.